The molecule has 0 spiro atoms. The first kappa shape index (κ1) is 22.1. The number of halogens is 1. The van der Waals surface area contributed by atoms with Gasteiger partial charge >= 0.3 is 203 Å². The predicted molar refractivity (Wildman–Crippen MR) is 143 cm³/mol. The summed E-state index contributed by atoms with van der Waals surface area (Å²) in [6.45, 7) is 4.14. The van der Waals surface area contributed by atoms with E-state index in [1.54, 1.807) is 12.1 Å². The molecule has 0 aliphatic rings. The number of hydrogen-bond donors (Lipinski definition) is 0. The zero-order valence-electron chi connectivity index (χ0n) is 18.3. The van der Waals surface area contributed by atoms with Crippen LogP contribution < -0.4 is 0 Å². The van der Waals surface area contributed by atoms with Crippen LogP contribution >= 0.6 is 20.2 Å². The van der Waals surface area contributed by atoms with Gasteiger partial charge in [-0.05, 0) is 0 Å². The van der Waals surface area contributed by atoms with Gasteiger partial charge in [0, 0.05) is 0 Å². The third-order valence-electron chi connectivity index (χ3n) is 5.83. The van der Waals surface area contributed by atoms with Crippen molar-refractivity contribution in [2.75, 3.05) is 0 Å². The van der Waals surface area contributed by atoms with Crippen LogP contribution in [0.4, 0.5) is 0 Å². The zero-order valence-corrected chi connectivity index (χ0v) is 21.3. The molecule has 0 heterocycles. The Labute approximate surface area is 202 Å². The van der Waals surface area contributed by atoms with Gasteiger partial charge < -0.3 is 0 Å². The molecule has 0 saturated carbocycles. The van der Waals surface area contributed by atoms with Crippen molar-refractivity contribution < 1.29 is 10.9 Å². The molecule has 5 aromatic rings. The van der Waals surface area contributed by atoms with E-state index in [4.69, 9.17) is 2.51 Å². The Kier molecular flexibility index (Phi) is 5.95. The van der Waals surface area contributed by atoms with Crippen LogP contribution in [0.15, 0.2) is 108 Å². The van der Waals surface area contributed by atoms with Gasteiger partial charge in [0.25, 0.3) is 0 Å². The molecule has 0 aliphatic carbocycles. The third kappa shape index (κ3) is 4.16. The molecule has 0 bridgehead atoms. The summed E-state index contributed by atoms with van der Waals surface area (Å²) in [5.41, 5.74) is 2.22. The first-order valence-corrected chi connectivity index (χ1v) is 15.1. The summed E-state index contributed by atoms with van der Waals surface area (Å²) in [5.74, 6) is 0. The van der Waals surface area contributed by atoms with Crippen LogP contribution in [-0.4, -0.2) is 8.42 Å². The van der Waals surface area contributed by atoms with Gasteiger partial charge in [-0.1, -0.05) is 0 Å². The molecule has 3 nitrogen and oxygen atoms in total. The Morgan fingerprint density at radius 2 is 1.03 bits per heavy atom. The molecular formula is C28H23IO3S. The zero-order chi connectivity index (χ0) is 23.0. The van der Waals surface area contributed by atoms with Crippen molar-refractivity contribution in [1.29, 1.82) is 0 Å². The average molecular weight is 566 g/mol. The summed E-state index contributed by atoms with van der Waals surface area (Å²) >= 11 is -2.68. The van der Waals surface area contributed by atoms with E-state index in [0.717, 1.165) is 34.4 Å². The molecular weight excluding hydrogens is 543 g/mol. The minimum atomic E-state index is -3.96. The van der Waals surface area contributed by atoms with E-state index in [-0.39, 0.29) is 4.90 Å². The van der Waals surface area contributed by atoms with E-state index < -0.39 is 30.4 Å². The van der Waals surface area contributed by atoms with Gasteiger partial charge in [0.1, 0.15) is 0 Å². The summed E-state index contributed by atoms with van der Waals surface area (Å²) < 4.78 is 34.9. The molecule has 5 aromatic carbocycles. The van der Waals surface area contributed by atoms with Gasteiger partial charge in [0.15, 0.2) is 0 Å². The molecule has 0 N–H and O–H groups in total. The molecule has 166 valence electrons. The molecule has 0 fully saturated rings. The van der Waals surface area contributed by atoms with E-state index in [1.165, 1.54) is 5.39 Å². The van der Waals surface area contributed by atoms with Crippen LogP contribution in [0.2, 0.25) is 0 Å². The Hall–Kier alpha value is -2.74. The summed E-state index contributed by atoms with van der Waals surface area (Å²) in [4.78, 5) is 0.196. The number of fused-ring (bicyclic) bond motifs is 2. The summed E-state index contributed by atoms with van der Waals surface area (Å²) in [7, 11) is -3.96. The quantitative estimate of drug-likeness (QED) is 0.164. The van der Waals surface area contributed by atoms with Crippen molar-refractivity contribution in [1.82, 2.24) is 0 Å². The Morgan fingerprint density at radius 3 is 1.58 bits per heavy atom. The topological polar surface area (TPSA) is 43.4 Å². The fraction of sp³-hybridized carbons (Fsp3) is 0.0714. The Bertz CT molecular complexity index is 1520. The normalized spacial score (nSPS) is 12.2. The molecule has 0 unspecified atom stereocenters. The van der Waals surface area contributed by atoms with Crippen LogP contribution in [0, 0.1) is 21.0 Å². The second-order valence-electron chi connectivity index (χ2n) is 7.86. The van der Waals surface area contributed by atoms with E-state index in [9.17, 15) is 8.42 Å². The first-order chi connectivity index (χ1) is 16.0. The van der Waals surface area contributed by atoms with Crippen LogP contribution in [-0.2, 0) is 12.6 Å². The second kappa shape index (κ2) is 8.89. The molecule has 0 saturated heterocycles. The summed E-state index contributed by atoms with van der Waals surface area (Å²) in [6, 6.07) is 32.9. The van der Waals surface area contributed by atoms with Crippen LogP contribution in [0.25, 0.3) is 21.5 Å². The number of hydrogen-bond acceptors (Lipinski definition) is 3. The Morgan fingerprint density at radius 1 is 0.576 bits per heavy atom. The number of aryl methyl sites for hydroxylation is 2. The van der Waals surface area contributed by atoms with Crippen LogP contribution in [0.3, 0.4) is 0 Å². The molecule has 5 rings (SSSR count). The van der Waals surface area contributed by atoms with Crippen molar-refractivity contribution in [3.8, 4) is 0 Å². The van der Waals surface area contributed by atoms with Gasteiger partial charge in [0.2, 0.25) is 0 Å². The van der Waals surface area contributed by atoms with Gasteiger partial charge in [-0.3, -0.25) is 0 Å². The van der Waals surface area contributed by atoms with Gasteiger partial charge in [0.05, 0.1) is 0 Å². The fourth-order valence-corrected chi connectivity index (χ4v) is 11.1. The average Bonchev–Trinajstić information content (AvgIpc) is 2.86. The first-order valence-electron chi connectivity index (χ1n) is 10.6. The molecule has 0 aromatic heterocycles. The van der Waals surface area contributed by atoms with E-state index in [2.05, 4.69) is 19.1 Å². The second-order valence-corrected chi connectivity index (χ2v) is 14.4. The molecule has 0 radical (unpaired) electrons. The van der Waals surface area contributed by atoms with E-state index in [0.29, 0.717) is 0 Å². The van der Waals surface area contributed by atoms with Crippen LogP contribution in [0.1, 0.15) is 11.1 Å². The fourth-order valence-electron chi connectivity index (χ4n) is 4.12. The summed E-state index contributed by atoms with van der Waals surface area (Å²) in [5, 5.41) is 4.33. The van der Waals surface area contributed by atoms with E-state index in [1.807, 2.05) is 85.8 Å². The summed E-state index contributed by atoms with van der Waals surface area (Å²) in [6.07, 6.45) is 0. The van der Waals surface area contributed by atoms with E-state index >= 15 is 0 Å². The maximum atomic E-state index is 13.5. The van der Waals surface area contributed by atoms with Crippen molar-refractivity contribution in [2.24, 2.45) is 0 Å². The van der Waals surface area contributed by atoms with Crippen LogP contribution in [0.5, 0.6) is 0 Å². The third-order valence-corrected chi connectivity index (χ3v) is 13.2. The monoisotopic (exact) mass is 566 g/mol. The standard InChI is InChI=1S/C28H23IO3S/c1-20-25-15-9-10-16-26(25)21(2)28-19-24(17-18-27(20)28)33(30,31)32-29(22-11-5-3-6-12-22)23-13-7-4-8-14-23/h3-19H,1-2H3. The van der Waals surface area contributed by atoms with Crippen molar-refractivity contribution >= 4 is 51.9 Å². The number of rotatable bonds is 5. The van der Waals surface area contributed by atoms with Crippen molar-refractivity contribution in [3.63, 3.8) is 0 Å². The Balaban J connectivity index is 1.62. The van der Waals surface area contributed by atoms with Gasteiger partial charge in [-0.15, -0.1) is 0 Å². The van der Waals surface area contributed by atoms with Gasteiger partial charge in [-0.25, -0.2) is 0 Å². The molecule has 33 heavy (non-hydrogen) atoms. The molecule has 0 atom stereocenters. The maximum absolute atomic E-state index is 13.5. The molecule has 0 aliphatic heterocycles. The molecule has 0 amide bonds. The minimum absolute atomic E-state index is 0.196. The molecule has 5 heteroatoms. The van der Waals surface area contributed by atoms with Crippen molar-refractivity contribution in [2.45, 2.75) is 18.7 Å². The van der Waals surface area contributed by atoms with Crippen molar-refractivity contribution in [3.05, 3.63) is 121 Å². The SMILES string of the molecule is Cc1c2ccccc2c(C)c2cc(S(=O)(=O)OI(c3ccccc3)c3ccccc3)ccc12. The predicted octanol–water partition coefficient (Wildman–Crippen LogP) is 7.48. The van der Waals surface area contributed by atoms with Gasteiger partial charge in [-0.2, -0.15) is 0 Å². The number of benzene rings is 5.